The molecule has 1 aromatic carbocycles. The van der Waals surface area contributed by atoms with Crippen LogP contribution in [-0.4, -0.2) is 0 Å². The van der Waals surface area contributed by atoms with E-state index in [-0.39, 0.29) is 0 Å². The molecule has 0 amide bonds. The van der Waals surface area contributed by atoms with Crippen LogP contribution in [0.15, 0.2) is 29.6 Å². The highest BCUT2D eigenvalue weighted by molar-refractivity contribution is 7.17. The van der Waals surface area contributed by atoms with Crippen molar-refractivity contribution >= 4 is 21.4 Å². The van der Waals surface area contributed by atoms with Gasteiger partial charge >= 0.3 is 0 Å². The summed E-state index contributed by atoms with van der Waals surface area (Å²) in [5.41, 5.74) is 1.12. The van der Waals surface area contributed by atoms with Crippen LogP contribution in [0, 0.1) is 6.92 Å². The van der Waals surface area contributed by atoms with Crippen LogP contribution < -0.4 is 0 Å². The maximum absolute atomic E-state index is 3.93. The largest absolute Gasteiger partial charge is 0.144 e. The third-order valence-corrected chi connectivity index (χ3v) is 2.47. The third-order valence-electron chi connectivity index (χ3n) is 1.59. The molecule has 0 aliphatic heterocycles. The van der Waals surface area contributed by atoms with Crippen LogP contribution in [0.4, 0.5) is 0 Å². The number of thiophene rings is 1. The standard InChI is InChI=1S/C9H7S/c1-7-3-2-4-9-8(7)5-6-10-9/h2-6H,1H2. The van der Waals surface area contributed by atoms with Gasteiger partial charge in [-0.25, -0.2) is 0 Å². The lowest BCUT2D eigenvalue weighted by molar-refractivity contribution is 1.73. The van der Waals surface area contributed by atoms with Crippen LogP contribution in [0.2, 0.25) is 0 Å². The van der Waals surface area contributed by atoms with E-state index in [9.17, 15) is 0 Å². The number of hydrogen-bond donors (Lipinski definition) is 0. The lowest BCUT2D eigenvalue weighted by atomic mass is 10.2. The van der Waals surface area contributed by atoms with E-state index in [2.05, 4.69) is 24.4 Å². The maximum atomic E-state index is 3.93. The van der Waals surface area contributed by atoms with E-state index in [1.54, 1.807) is 11.3 Å². The summed E-state index contributed by atoms with van der Waals surface area (Å²) in [4.78, 5) is 0. The number of hydrogen-bond acceptors (Lipinski definition) is 1. The predicted molar refractivity (Wildman–Crippen MR) is 46.3 cm³/mol. The zero-order valence-corrected chi connectivity index (χ0v) is 6.32. The van der Waals surface area contributed by atoms with Crippen LogP contribution in [0.1, 0.15) is 5.56 Å². The summed E-state index contributed by atoms with van der Waals surface area (Å²) in [5.74, 6) is 0. The average Bonchev–Trinajstić information content (AvgIpc) is 2.36. The molecule has 1 aromatic heterocycles. The van der Waals surface area contributed by atoms with E-state index >= 15 is 0 Å². The Morgan fingerprint density at radius 3 is 2.90 bits per heavy atom. The van der Waals surface area contributed by atoms with Crippen LogP contribution in [0.5, 0.6) is 0 Å². The highest BCUT2D eigenvalue weighted by Gasteiger charge is 1.94. The first-order valence-electron chi connectivity index (χ1n) is 3.16. The van der Waals surface area contributed by atoms with Crippen LogP contribution in [0.3, 0.4) is 0 Å². The Balaban J connectivity index is 2.95. The van der Waals surface area contributed by atoms with Crippen molar-refractivity contribution in [3.8, 4) is 0 Å². The fraction of sp³-hybridized carbons (Fsp3) is 0. The van der Waals surface area contributed by atoms with E-state index in [0.717, 1.165) is 5.56 Å². The summed E-state index contributed by atoms with van der Waals surface area (Å²) in [5, 5.41) is 3.38. The van der Waals surface area contributed by atoms with Gasteiger partial charge < -0.3 is 0 Å². The molecule has 0 aliphatic rings. The Morgan fingerprint density at radius 1 is 1.20 bits per heavy atom. The Kier molecular flexibility index (Phi) is 1.24. The van der Waals surface area contributed by atoms with Gasteiger partial charge in [0.1, 0.15) is 0 Å². The summed E-state index contributed by atoms with van der Waals surface area (Å²) in [6, 6.07) is 8.31. The van der Waals surface area contributed by atoms with Gasteiger partial charge in [-0.05, 0) is 35.4 Å². The smallest absolute Gasteiger partial charge is 0.0345 e. The molecule has 2 aromatic rings. The monoisotopic (exact) mass is 147 g/mol. The molecule has 2 rings (SSSR count). The Hall–Kier alpha value is -0.820. The minimum absolute atomic E-state index is 1.12. The number of rotatable bonds is 0. The lowest BCUT2D eigenvalue weighted by Gasteiger charge is -1.91. The number of benzene rings is 1. The second-order valence-corrected chi connectivity index (χ2v) is 3.20. The van der Waals surface area contributed by atoms with Gasteiger partial charge in [-0.2, -0.15) is 0 Å². The summed E-state index contributed by atoms with van der Waals surface area (Å²) in [6.45, 7) is 3.93. The van der Waals surface area contributed by atoms with Crippen LogP contribution >= 0.6 is 11.3 Å². The van der Waals surface area contributed by atoms with Gasteiger partial charge in [0.05, 0.1) is 0 Å². The summed E-state index contributed by atoms with van der Waals surface area (Å²) in [7, 11) is 0. The summed E-state index contributed by atoms with van der Waals surface area (Å²) < 4.78 is 1.33. The Bertz CT molecular complexity index is 346. The van der Waals surface area contributed by atoms with E-state index in [4.69, 9.17) is 0 Å². The van der Waals surface area contributed by atoms with Gasteiger partial charge in [-0.1, -0.05) is 12.1 Å². The molecule has 0 unspecified atom stereocenters. The minimum Gasteiger partial charge on any atom is -0.144 e. The van der Waals surface area contributed by atoms with E-state index in [0.29, 0.717) is 0 Å². The molecule has 0 N–H and O–H groups in total. The molecule has 0 nitrogen and oxygen atoms in total. The van der Waals surface area contributed by atoms with Crippen molar-refractivity contribution in [1.29, 1.82) is 0 Å². The summed E-state index contributed by atoms with van der Waals surface area (Å²) >= 11 is 1.76. The molecule has 0 aliphatic carbocycles. The van der Waals surface area contributed by atoms with E-state index in [1.165, 1.54) is 10.1 Å². The van der Waals surface area contributed by atoms with Crippen molar-refractivity contribution in [2.75, 3.05) is 0 Å². The molecule has 1 radical (unpaired) electrons. The van der Waals surface area contributed by atoms with Crippen molar-refractivity contribution < 1.29 is 0 Å². The maximum Gasteiger partial charge on any atom is 0.0345 e. The van der Waals surface area contributed by atoms with Crippen molar-refractivity contribution in [1.82, 2.24) is 0 Å². The molecule has 0 bridgehead atoms. The molecule has 49 valence electrons. The average molecular weight is 147 g/mol. The third kappa shape index (κ3) is 0.745. The van der Waals surface area contributed by atoms with Crippen LogP contribution in [-0.2, 0) is 0 Å². The highest BCUT2D eigenvalue weighted by Crippen LogP contribution is 2.22. The molecule has 1 heterocycles. The van der Waals surface area contributed by atoms with E-state index < -0.39 is 0 Å². The molecule has 0 saturated carbocycles. The second kappa shape index (κ2) is 2.10. The fourth-order valence-corrected chi connectivity index (χ4v) is 1.89. The lowest BCUT2D eigenvalue weighted by Crippen LogP contribution is -1.68. The molecule has 10 heavy (non-hydrogen) atoms. The zero-order chi connectivity index (χ0) is 6.97. The molecule has 0 fully saturated rings. The predicted octanol–water partition coefficient (Wildman–Crippen LogP) is 3.08. The SMILES string of the molecule is [CH2]c1cccc2sccc12. The molecule has 1 heteroatoms. The number of fused-ring (bicyclic) bond motifs is 1. The van der Waals surface area contributed by atoms with Gasteiger partial charge in [0.15, 0.2) is 0 Å². The Morgan fingerprint density at radius 2 is 2.10 bits per heavy atom. The molecular weight excluding hydrogens is 140 g/mol. The van der Waals surface area contributed by atoms with Crippen LogP contribution in [0.25, 0.3) is 10.1 Å². The van der Waals surface area contributed by atoms with Crippen molar-refractivity contribution in [3.63, 3.8) is 0 Å². The zero-order valence-electron chi connectivity index (χ0n) is 5.50. The van der Waals surface area contributed by atoms with Crippen molar-refractivity contribution in [2.24, 2.45) is 0 Å². The molecule has 0 saturated heterocycles. The highest BCUT2D eigenvalue weighted by atomic mass is 32.1. The van der Waals surface area contributed by atoms with Crippen molar-refractivity contribution in [2.45, 2.75) is 0 Å². The summed E-state index contributed by atoms with van der Waals surface area (Å²) in [6.07, 6.45) is 0. The van der Waals surface area contributed by atoms with Gasteiger partial charge in [-0.3, -0.25) is 0 Å². The van der Waals surface area contributed by atoms with Gasteiger partial charge in [0.25, 0.3) is 0 Å². The van der Waals surface area contributed by atoms with Gasteiger partial charge in [0.2, 0.25) is 0 Å². The first-order valence-corrected chi connectivity index (χ1v) is 4.04. The topological polar surface area (TPSA) is 0 Å². The molecular formula is C9H7S. The minimum atomic E-state index is 1.12. The van der Waals surface area contributed by atoms with Gasteiger partial charge in [-0.15, -0.1) is 11.3 Å². The first kappa shape index (κ1) is 5.93. The molecule has 0 spiro atoms. The van der Waals surface area contributed by atoms with Crippen molar-refractivity contribution in [3.05, 3.63) is 42.1 Å². The fourth-order valence-electron chi connectivity index (χ4n) is 1.06. The second-order valence-electron chi connectivity index (χ2n) is 2.25. The van der Waals surface area contributed by atoms with E-state index in [1.807, 2.05) is 12.1 Å². The molecule has 0 atom stereocenters. The first-order chi connectivity index (χ1) is 4.88. The quantitative estimate of drug-likeness (QED) is 0.537. The Labute approximate surface area is 64.1 Å². The normalized spacial score (nSPS) is 10.5. The van der Waals surface area contributed by atoms with Gasteiger partial charge in [0, 0.05) is 4.70 Å².